The number of aliphatic hydroxyl groups excluding tert-OH is 1. The molecule has 2 aromatic rings. The van der Waals surface area contributed by atoms with E-state index in [0.717, 1.165) is 11.1 Å². The zero-order valence-corrected chi connectivity index (χ0v) is 15.7. The van der Waals surface area contributed by atoms with Crippen molar-refractivity contribution in [3.63, 3.8) is 0 Å². The zero-order valence-electron chi connectivity index (χ0n) is 15.7. The second kappa shape index (κ2) is 6.16. The molecule has 0 radical (unpaired) electrons. The lowest BCUT2D eigenvalue weighted by molar-refractivity contribution is -0.128. The minimum atomic E-state index is -0.644. The van der Waals surface area contributed by atoms with Crippen molar-refractivity contribution < 1.29 is 19.1 Å². The Balaban J connectivity index is 2.04. The van der Waals surface area contributed by atoms with Gasteiger partial charge >= 0.3 is 0 Å². The molecule has 5 heteroatoms. The summed E-state index contributed by atoms with van der Waals surface area (Å²) in [5.74, 6) is -0.850. The van der Waals surface area contributed by atoms with Crippen LogP contribution in [-0.2, 0) is 10.2 Å². The van der Waals surface area contributed by atoms with E-state index in [1.807, 2.05) is 24.3 Å². The maximum Gasteiger partial charge on any atom is 0.289 e. The molecule has 0 fully saturated rings. The monoisotopic (exact) mass is 353 g/mol. The lowest BCUT2D eigenvalue weighted by Gasteiger charge is -2.24. The molecule has 1 unspecified atom stereocenters. The van der Waals surface area contributed by atoms with Crippen molar-refractivity contribution in [1.82, 2.24) is 4.90 Å². The Bertz CT molecular complexity index is 897. The molecule has 2 heterocycles. The topological polar surface area (TPSA) is 70.8 Å². The molecule has 1 aromatic heterocycles. The number of amides is 1. The maximum absolute atomic E-state index is 12.9. The van der Waals surface area contributed by atoms with Crippen LogP contribution in [0.15, 0.2) is 52.1 Å². The number of hydrogen-bond acceptors (Lipinski definition) is 4. The van der Waals surface area contributed by atoms with Gasteiger partial charge in [-0.25, -0.2) is 0 Å². The summed E-state index contributed by atoms with van der Waals surface area (Å²) in [6.07, 6.45) is 0. The standard InChI is InChI=1S/C21H23NO4/c1-12-6-11-15(26-12)18(23)16-17(22(5)20(25)19(16)24)13-7-9-14(10-8-13)21(2,3)4/h6-11,17,24H,1-5H3. The Morgan fingerprint density at radius 3 is 2.23 bits per heavy atom. The van der Waals surface area contributed by atoms with Crippen LogP contribution in [0.4, 0.5) is 0 Å². The first-order valence-electron chi connectivity index (χ1n) is 8.53. The molecule has 26 heavy (non-hydrogen) atoms. The van der Waals surface area contributed by atoms with Crippen molar-refractivity contribution in [1.29, 1.82) is 0 Å². The van der Waals surface area contributed by atoms with Crippen LogP contribution in [0, 0.1) is 6.92 Å². The Morgan fingerprint density at radius 1 is 1.12 bits per heavy atom. The molecule has 0 saturated heterocycles. The van der Waals surface area contributed by atoms with Crippen LogP contribution in [0.3, 0.4) is 0 Å². The van der Waals surface area contributed by atoms with Gasteiger partial charge in [-0.05, 0) is 35.6 Å². The van der Waals surface area contributed by atoms with E-state index in [9.17, 15) is 14.7 Å². The molecule has 1 aliphatic heterocycles. The summed E-state index contributed by atoms with van der Waals surface area (Å²) in [5, 5.41) is 10.3. The lowest BCUT2D eigenvalue weighted by Crippen LogP contribution is -2.27. The van der Waals surface area contributed by atoms with E-state index in [1.165, 1.54) is 4.90 Å². The average molecular weight is 353 g/mol. The van der Waals surface area contributed by atoms with Gasteiger partial charge in [0.15, 0.2) is 11.5 Å². The van der Waals surface area contributed by atoms with E-state index >= 15 is 0 Å². The van der Waals surface area contributed by atoms with Gasteiger partial charge in [-0.15, -0.1) is 0 Å². The highest BCUT2D eigenvalue weighted by Crippen LogP contribution is 2.38. The van der Waals surface area contributed by atoms with Crippen LogP contribution in [-0.4, -0.2) is 28.7 Å². The molecule has 0 saturated carbocycles. The first-order chi connectivity index (χ1) is 12.1. The summed E-state index contributed by atoms with van der Waals surface area (Å²) in [4.78, 5) is 26.6. The molecule has 1 aliphatic rings. The van der Waals surface area contributed by atoms with Crippen molar-refractivity contribution in [2.75, 3.05) is 7.05 Å². The van der Waals surface area contributed by atoms with E-state index in [0.29, 0.717) is 5.76 Å². The number of carbonyl (C=O) groups excluding carboxylic acids is 2. The third-order valence-electron chi connectivity index (χ3n) is 4.74. The minimum absolute atomic E-state index is 0.00174. The number of rotatable bonds is 3. The van der Waals surface area contributed by atoms with Gasteiger partial charge < -0.3 is 14.4 Å². The van der Waals surface area contributed by atoms with Gasteiger partial charge in [0.2, 0.25) is 5.78 Å². The van der Waals surface area contributed by atoms with Crippen LogP contribution in [0.25, 0.3) is 0 Å². The number of carbonyl (C=O) groups is 2. The molecule has 136 valence electrons. The van der Waals surface area contributed by atoms with Gasteiger partial charge in [0, 0.05) is 7.05 Å². The van der Waals surface area contributed by atoms with Crippen molar-refractivity contribution in [2.45, 2.75) is 39.2 Å². The van der Waals surface area contributed by atoms with Gasteiger partial charge in [-0.3, -0.25) is 9.59 Å². The second-order valence-corrected chi connectivity index (χ2v) is 7.69. The Hall–Kier alpha value is -2.82. The van der Waals surface area contributed by atoms with Crippen molar-refractivity contribution in [2.24, 2.45) is 0 Å². The summed E-state index contributed by atoms with van der Waals surface area (Å²) >= 11 is 0. The maximum atomic E-state index is 12.9. The van der Waals surface area contributed by atoms with Crippen molar-refractivity contribution in [3.8, 4) is 0 Å². The van der Waals surface area contributed by atoms with Gasteiger partial charge in [0.05, 0.1) is 11.6 Å². The summed E-state index contributed by atoms with van der Waals surface area (Å²) in [6, 6.07) is 10.4. The molecule has 0 aliphatic carbocycles. The summed E-state index contributed by atoms with van der Waals surface area (Å²) in [5.41, 5.74) is 1.97. The Labute approximate surface area is 152 Å². The largest absolute Gasteiger partial charge is 0.503 e. The van der Waals surface area contributed by atoms with Crippen LogP contribution in [0.5, 0.6) is 0 Å². The SMILES string of the molecule is Cc1ccc(C(=O)C2=C(O)C(=O)N(C)C2c2ccc(C(C)(C)C)cc2)o1. The molecule has 1 amide bonds. The highest BCUT2D eigenvalue weighted by molar-refractivity contribution is 6.14. The molecule has 3 rings (SSSR count). The zero-order chi connectivity index (χ0) is 19.2. The number of aliphatic hydroxyl groups is 1. The van der Waals surface area contributed by atoms with E-state index in [1.54, 1.807) is 26.1 Å². The average Bonchev–Trinajstić information content (AvgIpc) is 3.11. The minimum Gasteiger partial charge on any atom is -0.503 e. The number of nitrogens with zero attached hydrogens (tertiary/aromatic N) is 1. The van der Waals surface area contributed by atoms with Gasteiger partial charge in [0.25, 0.3) is 5.91 Å². The number of ketones is 1. The Kier molecular flexibility index (Phi) is 4.26. The normalized spacial score (nSPS) is 18.0. The molecule has 1 aromatic carbocycles. The third-order valence-corrected chi connectivity index (χ3v) is 4.74. The summed E-state index contributed by atoms with van der Waals surface area (Å²) in [7, 11) is 1.58. The molecule has 1 atom stereocenters. The van der Waals surface area contributed by atoms with Crippen molar-refractivity contribution >= 4 is 11.7 Å². The van der Waals surface area contributed by atoms with E-state index < -0.39 is 23.5 Å². The fraction of sp³-hybridized carbons (Fsp3) is 0.333. The number of furan rings is 1. The number of hydrogen-bond donors (Lipinski definition) is 1. The first-order valence-corrected chi connectivity index (χ1v) is 8.53. The predicted molar refractivity (Wildman–Crippen MR) is 98.1 cm³/mol. The third kappa shape index (κ3) is 2.94. The smallest absolute Gasteiger partial charge is 0.289 e. The molecule has 1 N–H and O–H groups in total. The number of likely N-dealkylation sites (N-methyl/N-ethyl adjacent to an activating group) is 1. The summed E-state index contributed by atoms with van der Waals surface area (Å²) < 4.78 is 5.40. The molecule has 0 spiro atoms. The van der Waals surface area contributed by atoms with Gasteiger partial charge in [-0.2, -0.15) is 0 Å². The molecular weight excluding hydrogens is 330 g/mol. The molecular formula is C21H23NO4. The lowest BCUT2D eigenvalue weighted by atomic mass is 9.85. The van der Waals surface area contributed by atoms with E-state index in [2.05, 4.69) is 20.8 Å². The van der Waals surface area contributed by atoms with Crippen LogP contribution in [0.1, 0.15) is 54.3 Å². The second-order valence-electron chi connectivity index (χ2n) is 7.69. The fourth-order valence-electron chi connectivity index (χ4n) is 3.20. The van der Waals surface area contributed by atoms with Crippen LogP contribution < -0.4 is 0 Å². The first kappa shape index (κ1) is 18.0. The number of Topliss-reactive ketones (excluding diaryl/α,β-unsaturated/α-hetero) is 1. The number of aryl methyl sites for hydroxylation is 1. The predicted octanol–water partition coefficient (Wildman–Crippen LogP) is 4.09. The fourth-order valence-corrected chi connectivity index (χ4v) is 3.20. The Morgan fingerprint density at radius 2 is 1.73 bits per heavy atom. The van der Waals surface area contributed by atoms with E-state index in [-0.39, 0.29) is 16.7 Å². The van der Waals surface area contributed by atoms with Gasteiger partial charge in [-0.1, -0.05) is 45.0 Å². The molecule has 0 bridgehead atoms. The molecule has 5 nitrogen and oxygen atoms in total. The van der Waals surface area contributed by atoms with Crippen LogP contribution in [0.2, 0.25) is 0 Å². The van der Waals surface area contributed by atoms with Crippen LogP contribution >= 0.6 is 0 Å². The van der Waals surface area contributed by atoms with E-state index in [4.69, 9.17) is 4.42 Å². The highest BCUT2D eigenvalue weighted by atomic mass is 16.3. The summed E-state index contributed by atoms with van der Waals surface area (Å²) in [6.45, 7) is 8.09. The van der Waals surface area contributed by atoms with Gasteiger partial charge in [0.1, 0.15) is 5.76 Å². The quantitative estimate of drug-likeness (QED) is 0.844. The highest BCUT2D eigenvalue weighted by Gasteiger charge is 2.42. The number of benzene rings is 1. The van der Waals surface area contributed by atoms with Crippen molar-refractivity contribution in [3.05, 3.63) is 70.4 Å².